The van der Waals surface area contributed by atoms with Crippen molar-refractivity contribution in [1.29, 1.82) is 0 Å². The van der Waals surface area contributed by atoms with Gasteiger partial charge in [-0.25, -0.2) is 9.97 Å². The zero-order valence-corrected chi connectivity index (χ0v) is 13.4. The second kappa shape index (κ2) is 5.95. The molecule has 0 aliphatic carbocycles. The van der Waals surface area contributed by atoms with Gasteiger partial charge in [-0.2, -0.15) is 0 Å². The normalized spacial score (nSPS) is 12.5. The average Bonchev–Trinajstić information content (AvgIpc) is 2.91. The van der Waals surface area contributed by atoms with Crippen LogP contribution in [0.3, 0.4) is 0 Å². The number of halogens is 1. The van der Waals surface area contributed by atoms with Gasteiger partial charge in [0.15, 0.2) is 0 Å². The van der Waals surface area contributed by atoms with Crippen molar-refractivity contribution >= 4 is 39.0 Å². The molecule has 3 aromatic rings. The van der Waals surface area contributed by atoms with Gasteiger partial charge < -0.3 is 5.32 Å². The van der Waals surface area contributed by atoms with Gasteiger partial charge >= 0.3 is 0 Å². The standard InChI is InChI=1S/C15H15ClN4S/c1-3-11-8-12-13(19-15(16)20-14(12)21-11)18-9(2)10-4-6-17-7-5-10/h4-9H,3H2,1-2H3,(H,18,19,20). The average molecular weight is 319 g/mol. The van der Waals surface area contributed by atoms with Crippen molar-refractivity contribution in [1.82, 2.24) is 15.0 Å². The summed E-state index contributed by atoms with van der Waals surface area (Å²) in [6.45, 7) is 4.22. The van der Waals surface area contributed by atoms with Gasteiger partial charge in [-0.1, -0.05) is 6.92 Å². The molecule has 0 spiro atoms. The second-order valence-corrected chi connectivity index (χ2v) is 6.23. The van der Waals surface area contributed by atoms with Crippen LogP contribution in [0.25, 0.3) is 10.2 Å². The lowest BCUT2D eigenvalue weighted by molar-refractivity contribution is 0.872. The number of aromatic nitrogens is 3. The van der Waals surface area contributed by atoms with E-state index in [9.17, 15) is 0 Å². The fourth-order valence-electron chi connectivity index (χ4n) is 2.17. The molecule has 0 aliphatic heterocycles. The second-order valence-electron chi connectivity index (χ2n) is 4.77. The highest BCUT2D eigenvalue weighted by atomic mass is 35.5. The molecular weight excluding hydrogens is 304 g/mol. The third kappa shape index (κ3) is 2.99. The summed E-state index contributed by atoms with van der Waals surface area (Å²) in [7, 11) is 0. The number of hydrogen-bond acceptors (Lipinski definition) is 5. The first-order valence-electron chi connectivity index (χ1n) is 6.79. The molecule has 0 saturated heterocycles. The highest BCUT2D eigenvalue weighted by molar-refractivity contribution is 7.18. The first-order valence-corrected chi connectivity index (χ1v) is 7.99. The van der Waals surface area contributed by atoms with Crippen LogP contribution < -0.4 is 5.32 Å². The Kier molecular flexibility index (Phi) is 4.03. The van der Waals surface area contributed by atoms with E-state index in [1.54, 1.807) is 23.7 Å². The number of pyridine rings is 1. The zero-order valence-electron chi connectivity index (χ0n) is 11.8. The van der Waals surface area contributed by atoms with Crippen LogP contribution in [0.1, 0.15) is 30.3 Å². The number of nitrogens with one attached hydrogen (secondary N) is 1. The summed E-state index contributed by atoms with van der Waals surface area (Å²) < 4.78 is 0. The Morgan fingerprint density at radius 1 is 1.29 bits per heavy atom. The molecule has 0 amide bonds. The lowest BCUT2D eigenvalue weighted by atomic mass is 10.1. The maximum absolute atomic E-state index is 6.04. The molecule has 108 valence electrons. The monoisotopic (exact) mass is 318 g/mol. The van der Waals surface area contributed by atoms with Crippen LogP contribution >= 0.6 is 22.9 Å². The van der Waals surface area contributed by atoms with Gasteiger partial charge in [0.25, 0.3) is 0 Å². The molecule has 0 fully saturated rings. The van der Waals surface area contributed by atoms with E-state index >= 15 is 0 Å². The van der Waals surface area contributed by atoms with Crippen molar-refractivity contribution in [3.8, 4) is 0 Å². The van der Waals surface area contributed by atoms with Crippen LogP contribution in [0.4, 0.5) is 5.82 Å². The fraction of sp³-hybridized carbons (Fsp3) is 0.267. The number of thiophene rings is 1. The minimum absolute atomic E-state index is 0.118. The van der Waals surface area contributed by atoms with Crippen LogP contribution in [-0.2, 0) is 6.42 Å². The van der Waals surface area contributed by atoms with Gasteiger partial charge in [-0.3, -0.25) is 4.98 Å². The van der Waals surface area contributed by atoms with Crippen LogP contribution in [0, 0.1) is 0 Å². The SMILES string of the molecule is CCc1cc2c(NC(C)c3ccncc3)nc(Cl)nc2s1. The number of aryl methyl sites for hydroxylation is 1. The minimum atomic E-state index is 0.118. The predicted molar refractivity (Wildman–Crippen MR) is 88.1 cm³/mol. The van der Waals surface area contributed by atoms with Crippen molar-refractivity contribution in [2.24, 2.45) is 0 Å². The summed E-state index contributed by atoms with van der Waals surface area (Å²) in [5, 5.41) is 4.73. The van der Waals surface area contributed by atoms with Crippen molar-refractivity contribution in [2.75, 3.05) is 5.32 Å². The Morgan fingerprint density at radius 3 is 2.76 bits per heavy atom. The highest BCUT2D eigenvalue weighted by Gasteiger charge is 2.13. The Bertz CT molecular complexity index is 757. The molecule has 4 nitrogen and oxygen atoms in total. The van der Waals surface area contributed by atoms with E-state index in [4.69, 9.17) is 11.6 Å². The first-order chi connectivity index (χ1) is 10.2. The zero-order chi connectivity index (χ0) is 14.8. The lowest BCUT2D eigenvalue weighted by Crippen LogP contribution is -2.08. The molecule has 3 aromatic heterocycles. The van der Waals surface area contributed by atoms with Gasteiger partial charge in [0.2, 0.25) is 5.28 Å². The molecule has 3 heterocycles. The van der Waals surface area contributed by atoms with Gasteiger partial charge in [-0.05, 0) is 48.7 Å². The molecule has 0 aromatic carbocycles. The maximum atomic E-state index is 6.04. The smallest absolute Gasteiger partial charge is 0.225 e. The third-order valence-electron chi connectivity index (χ3n) is 3.32. The number of anilines is 1. The van der Waals surface area contributed by atoms with Gasteiger partial charge in [-0.15, -0.1) is 11.3 Å². The number of rotatable bonds is 4. The van der Waals surface area contributed by atoms with E-state index in [1.807, 2.05) is 12.1 Å². The van der Waals surface area contributed by atoms with E-state index in [0.29, 0.717) is 0 Å². The van der Waals surface area contributed by atoms with Gasteiger partial charge in [0.05, 0.1) is 11.4 Å². The third-order valence-corrected chi connectivity index (χ3v) is 4.67. The van der Waals surface area contributed by atoms with E-state index in [1.165, 1.54) is 4.88 Å². The van der Waals surface area contributed by atoms with Crippen LogP contribution in [0.5, 0.6) is 0 Å². The van der Waals surface area contributed by atoms with E-state index in [0.717, 1.165) is 28.0 Å². The lowest BCUT2D eigenvalue weighted by Gasteiger charge is -2.15. The van der Waals surface area contributed by atoms with E-state index in [2.05, 4.69) is 40.2 Å². The quantitative estimate of drug-likeness (QED) is 0.721. The summed E-state index contributed by atoms with van der Waals surface area (Å²) in [6.07, 6.45) is 4.56. The molecule has 1 unspecified atom stereocenters. The summed E-state index contributed by atoms with van der Waals surface area (Å²) in [5.74, 6) is 0.783. The summed E-state index contributed by atoms with van der Waals surface area (Å²) in [6, 6.07) is 6.23. The Morgan fingerprint density at radius 2 is 2.05 bits per heavy atom. The molecule has 3 rings (SSSR count). The van der Waals surface area contributed by atoms with Crippen LogP contribution in [0.2, 0.25) is 5.28 Å². The Labute approximate surface area is 132 Å². The Balaban J connectivity index is 1.98. The number of hydrogen-bond donors (Lipinski definition) is 1. The Hall–Kier alpha value is -1.72. The minimum Gasteiger partial charge on any atom is -0.363 e. The predicted octanol–water partition coefficient (Wildman–Crippen LogP) is 4.48. The number of nitrogens with zero attached hydrogens (tertiary/aromatic N) is 3. The topological polar surface area (TPSA) is 50.7 Å². The van der Waals surface area contributed by atoms with E-state index in [-0.39, 0.29) is 11.3 Å². The maximum Gasteiger partial charge on any atom is 0.225 e. The van der Waals surface area contributed by atoms with Crippen molar-refractivity contribution in [2.45, 2.75) is 26.3 Å². The molecule has 0 bridgehead atoms. The van der Waals surface area contributed by atoms with Crippen molar-refractivity contribution in [3.63, 3.8) is 0 Å². The van der Waals surface area contributed by atoms with Crippen molar-refractivity contribution in [3.05, 3.63) is 46.3 Å². The summed E-state index contributed by atoms with van der Waals surface area (Å²) in [5.41, 5.74) is 1.15. The molecule has 1 atom stereocenters. The molecule has 21 heavy (non-hydrogen) atoms. The molecule has 0 saturated carbocycles. The molecular formula is C15H15ClN4S. The van der Waals surface area contributed by atoms with Gasteiger partial charge in [0.1, 0.15) is 10.6 Å². The van der Waals surface area contributed by atoms with E-state index < -0.39 is 0 Å². The van der Waals surface area contributed by atoms with Crippen LogP contribution in [0.15, 0.2) is 30.6 Å². The number of fused-ring (bicyclic) bond motifs is 1. The summed E-state index contributed by atoms with van der Waals surface area (Å²) >= 11 is 7.70. The van der Waals surface area contributed by atoms with Gasteiger partial charge in [0, 0.05) is 17.3 Å². The fourth-order valence-corrected chi connectivity index (χ4v) is 3.36. The van der Waals surface area contributed by atoms with Crippen LogP contribution in [-0.4, -0.2) is 15.0 Å². The van der Waals surface area contributed by atoms with Crippen molar-refractivity contribution < 1.29 is 0 Å². The molecule has 1 N–H and O–H groups in total. The highest BCUT2D eigenvalue weighted by Crippen LogP contribution is 2.32. The molecule has 6 heteroatoms. The molecule has 0 aliphatic rings. The molecule has 0 radical (unpaired) electrons. The largest absolute Gasteiger partial charge is 0.363 e. The first kappa shape index (κ1) is 14.2. The summed E-state index contributed by atoms with van der Waals surface area (Å²) in [4.78, 5) is 14.9.